The Kier molecular flexibility index (Phi) is 3.66. The fourth-order valence-corrected chi connectivity index (χ4v) is 3.76. The summed E-state index contributed by atoms with van der Waals surface area (Å²) in [6, 6.07) is 5.68. The van der Waals surface area contributed by atoms with E-state index in [-0.39, 0.29) is 5.91 Å². The van der Waals surface area contributed by atoms with Crippen molar-refractivity contribution in [3.05, 3.63) is 29.3 Å². The second-order valence-electron chi connectivity index (χ2n) is 6.28. The van der Waals surface area contributed by atoms with Gasteiger partial charge in [0.15, 0.2) is 0 Å². The van der Waals surface area contributed by atoms with Crippen LogP contribution in [0.1, 0.15) is 41.6 Å². The Morgan fingerprint density at radius 1 is 1.30 bits per heavy atom. The van der Waals surface area contributed by atoms with E-state index in [1.165, 1.54) is 25.7 Å². The second-order valence-corrected chi connectivity index (χ2v) is 6.28. The van der Waals surface area contributed by atoms with Crippen LogP contribution >= 0.6 is 0 Å². The molecule has 2 fully saturated rings. The standard InChI is InChI=1S/C16H23N3O/c1-11-7-14(18-17)5-6-15(11)16(20)19-9-12-3-2-4-13(8-12)10-19/h5-7,12-13,18H,2-4,8-10,17H2,1H3. The van der Waals surface area contributed by atoms with Gasteiger partial charge >= 0.3 is 0 Å². The SMILES string of the molecule is Cc1cc(NN)ccc1C(=O)N1CC2CCCC(C2)C1. The lowest BCUT2D eigenvalue weighted by atomic mass is 9.78. The van der Waals surface area contributed by atoms with Crippen LogP contribution in [0.2, 0.25) is 0 Å². The molecule has 1 aliphatic carbocycles. The Morgan fingerprint density at radius 2 is 2.00 bits per heavy atom. The van der Waals surface area contributed by atoms with Crippen LogP contribution in [0.15, 0.2) is 18.2 Å². The third-order valence-electron chi connectivity index (χ3n) is 4.76. The molecule has 2 aliphatic rings. The van der Waals surface area contributed by atoms with Gasteiger partial charge in [-0.2, -0.15) is 0 Å². The van der Waals surface area contributed by atoms with E-state index in [2.05, 4.69) is 10.3 Å². The molecule has 1 heterocycles. The van der Waals surface area contributed by atoms with E-state index in [1.807, 2.05) is 25.1 Å². The third-order valence-corrected chi connectivity index (χ3v) is 4.76. The smallest absolute Gasteiger partial charge is 0.254 e. The Hall–Kier alpha value is -1.55. The first-order valence-electron chi connectivity index (χ1n) is 7.54. The first-order chi connectivity index (χ1) is 9.67. The maximum absolute atomic E-state index is 12.7. The van der Waals surface area contributed by atoms with Gasteiger partial charge in [-0.25, -0.2) is 0 Å². The number of hydrogen-bond acceptors (Lipinski definition) is 3. The van der Waals surface area contributed by atoms with Crippen LogP contribution in [0.25, 0.3) is 0 Å². The number of likely N-dealkylation sites (tertiary alicyclic amines) is 1. The minimum atomic E-state index is 0.183. The van der Waals surface area contributed by atoms with Crippen LogP contribution < -0.4 is 11.3 Å². The number of nitrogen functional groups attached to an aromatic ring is 1. The van der Waals surface area contributed by atoms with Gasteiger partial charge in [0.1, 0.15) is 0 Å². The van der Waals surface area contributed by atoms with Gasteiger partial charge in [0, 0.05) is 24.3 Å². The van der Waals surface area contributed by atoms with Crippen molar-refractivity contribution < 1.29 is 4.79 Å². The lowest BCUT2D eigenvalue weighted by Gasteiger charge is -2.41. The van der Waals surface area contributed by atoms with Gasteiger partial charge in [-0.05, 0) is 61.8 Å². The van der Waals surface area contributed by atoms with Crippen LogP contribution in [0.4, 0.5) is 5.69 Å². The summed E-state index contributed by atoms with van der Waals surface area (Å²) in [5.74, 6) is 7.03. The molecule has 3 rings (SSSR count). The Labute approximate surface area is 120 Å². The monoisotopic (exact) mass is 273 g/mol. The summed E-state index contributed by atoms with van der Waals surface area (Å²) in [7, 11) is 0. The number of nitrogens with two attached hydrogens (primary N) is 1. The number of amides is 1. The van der Waals surface area contributed by atoms with Crippen molar-refractivity contribution in [1.82, 2.24) is 4.90 Å². The maximum atomic E-state index is 12.7. The molecular formula is C16H23N3O. The van der Waals surface area contributed by atoms with E-state index in [0.29, 0.717) is 0 Å². The minimum Gasteiger partial charge on any atom is -0.338 e. The summed E-state index contributed by atoms with van der Waals surface area (Å²) in [6.07, 6.45) is 5.23. The summed E-state index contributed by atoms with van der Waals surface area (Å²) >= 11 is 0. The van der Waals surface area contributed by atoms with Crippen molar-refractivity contribution in [2.24, 2.45) is 17.7 Å². The average Bonchev–Trinajstić information content (AvgIpc) is 2.46. The molecule has 0 spiro atoms. The average molecular weight is 273 g/mol. The van der Waals surface area contributed by atoms with E-state index in [4.69, 9.17) is 5.84 Å². The number of hydrazine groups is 1. The third kappa shape index (κ3) is 2.52. The van der Waals surface area contributed by atoms with Crippen molar-refractivity contribution in [2.75, 3.05) is 18.5 Å². The van der Waals surface area contributed by atoms with E-state index >= 15 is 0 Å². The molecule has 2 unspecified atom stereocenters. The Morgan fingerprint density at radius 3 is 2.60 bits per heavy atom. The fraction of sp³-hybridized carbons (Fsp3) is 0.562. The highest BCUT2D eigenvalue weighted by atomic mass is 16.2. The maximum Gasteiger partial charge on any atom is 0.254 e. The number of anilines is 1. The Balaban J connectivity index is 1.78. The fourth-order valence-electron chi connectivity index (χ4n) is 3.76. The number of carbonyl (C=O) groups excluding carboxylic acids is 1. The molecule has 0 aromatic heterocycles. The van der Waals surface area contributed by atoms with Gasteiger partial charge in [-0.3, -0.25) is 10.6 Å². The number of carbonyl (C=O) groups is 1. The predicted octanol–water partition coefficient (Wildman–Crippen LogP) is 2.54. The summed E-state index contributed by atoms with van der Waals surface area (Å²) < 4.78 is 0. The molecule has 1 saturated carbocycles. The molecule has 20 heavy (non-hydrogen) atoms. The van der Waals surface area contributed by atoms with E-state index < -0.39 is 0 Å². The highest BCUT2D eigenvalue weighted by Crippen LogP contribution is 2.35. The van der Waals surface area contributed by atoms with Crippen molar-refractivity contribution in [3.63, 3.8) is 0 Å². The first-order valence-corrected chi connectivity index (χ1v) is 7.54. The van der Waals surface area contributed by atoms with Crippen molar-refractivity contribution in [3.8, 4) is 0 Å². The number of hydrogen-bond donors (Lipinski definition) is 2. The van der Waals surface area contributed by atoms with E-state index in [0.717, 1.165) is 41.7 Å². The van der Waals surface area contributed by atoms with Gasteiger partial charge in [0.25, 0.3) is 5.91 Å². The largest absolute Gasteiger partial charge is 0.338 e. The zero-order valence-corrected chi connectivity index (χ0v) is 12.1. The number of piperidine rings is 1. The van der Waals surface area contributed by atoms with Crippen molar-refractivity contribution in [2.45, 2.75) is 32.6 Å². The summed E-state index contributed by atoms with van der Waals surface area (Å²) in [5.41, 5.74) is 5.26. The van der Waals surface area contributed by atoms with Gasteiger partial charge in [-0.1, -0.05) is 6.42 Å². The molecule has 4 heteroatoms. The van der Waals surface area contributed by atoms with Crippen LogP contribution in [-0.4, -0.2) is 23.9 Å². The molecule has 4 nitrogen and oxygen atoms in total. The van der Waals surface area contributed by atoms with E-state index in [9.17, 15) is 4.79 Å². The van der Waals surface area contributed by atoms with Gasteiger partial charge in [0.05, 0.1) is 0 Å². The summed E-state index contributed by atoms with van der Waals surface area (Å²) in [4.78, 5) is 14.8. The molecule has 3 N–H and O–H groups in total. The quantitative estimate of drug-likeness (QED) is 0.643. The molecule has 108 valence electrons. The van der Waals surface area contributed by atoms with Gasteiger partial charge in [-0.15, -0.1) is 0 Å². The molecule has 0 radical (unpaired) electrons. The molecule has 1 saturated heterocycles. The topological polar surface area (TPSA) is 58.4 Å². The molecule has 1 aromatic carbocycles. The molecule has 2 bridgehead atoms. The first kappa shape index (κ1) is 13.4. The molecule has 1 aromatic rings. The lowest BCUT2D eigenvalue weighted by molar-refractivity contribution is 0.0504. The summed E-state index contributed by atoms with van der Waals surface area (Å²) in [5, 5.41) is 0. The van der Waals surface area contributed by atoms with Crippen molar-refractivity contribution in [1.29, 1.82) is 0 Å². The van der Waals surface area contributed by atoms with Gasteiger partial charge in [0.2, 0.25) is 0 Å². The number of aryl methyl sites for hydroxylation is 1. The van der Waals surface area contributed by atoms with Crippen LogP contribution in [0, 0.1) is 18.8 Å². The van der Waals surface area contributed by atoms with E-state index in [1.54, 1.807) is 0 Å². The summed E-state index contributed by atoms with van der Waals surface area (Å²) in [6.45, 7) is 3.84. The number of nitrogens with one attached hydrogen (secondary N) is 1. The normalized spacial score (nSPS) is 25.4. The number of benzene rings is 1. The van der Waals surface area contributed by atoms with Crippen LogP contribution in [-0.2, 0) is 0 Å². The zero-order valence-electron chi connectivity index (χ0n) is 12.1. The zero-order chi connectivity index (χ0) is 14.1. The second kappa shape index (κ2) is 5.44. The molecule has 1 amide bonds. The van der Waals surface area contributed by atoms with Crippen LogP contribution in [0.5, 0.6) is 0 Å². The highest BCUT2D eigenvalue weighted by molar-refractivity contribution is 5.96. The minimum absolute atomic E-state index is 0.183. The molecule has 1 aliphatic heterocycles. The number of rotatable bonds is 2. The van der Waals surface area contributed by atoms with Gasteiger partial charge < -0.3 is 10.3 Å². The lowest BCUT2D eigenvalue weighted by Crippen LogP contribution is -2.45. The van der Waals surface area contributed by atoms with Crippen LogP contribution in [0.3, 0.4) is 0 Å². The number of fused-ring (bicyclic) bond motifs is 2. The predicted molar refractivity (Wildman–Crippen MR) is 80.3 cm³/mol. The van der Waals surface area contributed by atoms with Crippen molar-refractivity contribution >= 4 is 11.6 Å². The highest BCUT2D eigenvalue weighted by Gasteiger charge is 2.33. The Bertz CT molecular complexity index is 502. The molecule has 2 atom stereocenters. The molecular weight excluding hydrogens is 250 g/mol. The number of nitrogens with zero attached hydrogens (tertiary/aromatic N) is 1.